The minimum atomic E-state index is -1.20. The maximum atomic E-state index is 12.6. The summed E-state index contributed by atoms with van der Waals surface area (Å²) in [7, 11) is 0. The van der Waals surface area contributed by atoms with Gasteiger partial charge in [0.05, 0.1) is 16.7 Å². The SMILES string of the molecule is OCc1cc(F)c(F)c(Cl)c1Cl. The van der Waals surface area contributed by atoms with Crippen molar-refractivity contribution in [3.05, 3.63) is 33.3 Å². The van der Waals surface area contributed by atoms with Gasteiger partial charge in [-0.15, -0.1) is 0 Å². The van der Waals surface area contributed by atoms with Crippen molar-refractivity contribution >= 4 is 23.2 Å². The van der Waals surface area contributed by atoms with Gasteiger partial charge in [-0.25, -0.2) is 8.78 Å². The normalized spacial score (nSPS) is 10.4. The van der Waals surface area contributed by atoms with Gasteiger partial charge in [0.2, 0.25) is 0 Å². The number of halogens is 4. The molecule has 0 radical (unpaired) electrons. The lowest BCUT2D eigenvalue weighted by molar-refractivity contribution is 0.281. The van der Waals surface area contributed by atoms with Crippen LogP contribution in [0.2, 0.25) is 10.0 Å². The van der Waals surface area contributed by atoms with E-state index < -0.39 is 23.3 Å². The van der Waals surface area contributed by atoms with Gasteiger partial charge in [-0.3, -0.25) is 0 Å². The first-order valence-electron chi connectivity index (χ1n) is 3.00. The molecule has 1 rings (SSSR count). The molecule has 1 aromatic carbocycles. The molecule has 5 heteroatoms. The van der Waals surface area contributed by atoms with Crippen molar-refractivity contribution in [3.63, 3.8) is 0 Å². The van der Waals surface area contributed by atoms with E-state index in [2.05, 4.69) is 0 Å². The Kier molecular flexibility index (Phi) is 2.88. The van der Waals surface area contributed by atoms with Gasteiger partial charge in [-0.05, 0) is 6.07 Å². The van der Waals surface area contributed by atoms with E-state index >= 15 is 0 Å². The minimum Gasteiger partial charge on any atom is -0.392 e. The van der Waals surface area contributed by atoms with E-state index in [0.717, 1.165) is 6.07 Å². The third-order valence-corrected chi connectivity index (χ3v) is 2.23. The highest BCUT2D eigenvalue weighted by molar-refractivity contribution is 6.42. The van der Waals surface area contributed by atoms with Crippen LogP contribution in [-0.2, 0) is 6.61 Å². The van der Waals surface area contributed by atoms with Crippen LogP contribution < -0.4 is 0 Å². The second-order valence-electron chi connectivity index (χ2n) is 2.12. The first-order chi connectivity index (χ1) is 5.57. The quantitative estimate of drug-likeness (QED) is 0.561. The predicted molar refractivity (Wildman–Crippen MR) is 42.3 cm³/mol. The highest BCUT2D eigenvalue weighted by atomic mass is 35.5. The summed E-state index contributed by atoms with van der Waals surface area (Å²) in [5.41, 5.74) is 0.0700. The van der Waals surface area contributed by atoms with Crippen molar-refractivity contribution < 1.29 is 13.9 Å². The molecule has 0 aliphatic heterocycles. The van der Waals surface area contributed by atoms with Crippen LogP contribution >= 0.6 is 23.2 Å². The number of aliphatic hydroxyl groups excluding tert-OH is 1. The molecule has 66 valence electrons. The standard InChI is InChI=1S/C7H4Cl2F2O/c8-5-3(2-12)1-4(10)7(11)6(5)9/h1,12H,2H2. The Morgan fingerprint density at radius 1 is 1.25 bits per heavy atom. The average molecular weight is 213 g/mol. The molecule has 1 nitrogen and oxygen atoms in total. The van der Waals surface area contributed by atoms with E-state index in [-0.39, 0.29) is 10.6 Å². The summed E-state index contributed by atoms with van der Waals surface area (Å²) in [5, 5.41) is 7.97. The van der Waals surface area contributed by atoms with Gasteiger partial charge in [0.25, 0.3) is 0 Å². The van der Waals surface area contributed by atoms with Crippen molar-refractivity contribution in [1.82, 2.24) is 0 Å². The molecule has 0 aliphatic rings. The number of benzene rings is 1. The van der Waals surface area contributed by atoms with Crippen LogP contribution in [0.1, 0.15) is 5.56 Å². The third kappa shape index (κ3) is 1.53. The molecule has 0 spiro atoms. The number of hydrogen-bond donors (Lipinski definition) is 1. The molecule has 0 saturated heterocycles. The monoisotopic (exact) mass is 212 g/mol. The molecule has 0 aromatic heterocycles. The van der Waals surface area contributed by atoms with Crippen molar-refractivity contribution in [1.29, 1.82) is 0 Å². The first kappa shape index (κ1) is 9.71. The Hall–Kier alpha value is -0.380. The van der Waals surface area contributed by atoms with Gasteiger partial charge in [0.1, 0.15) is 0 Å². The number of hydrogen-bond acceptors (Lipinski definition) is 1. The lowest BCUT2D eigenvalue weighted by Crippen LogP contribution is -1.93. The molecule has 0 unspecified atom stereocenters. The molecular weight excluding hydrogens is 209 g/mol. The molecule has 0 amide bonds. The van der Waals surface area contributed by atoms with E-state index in [0.29, 0.717) is 0 Å². The van der Waals surface area contributed by atoms with Gasteiger partial charge in [0.15, 0.2) is 11.6 Å². The Morgan fingerprint density at radius 2 is 1.83 bits per heavy atom. The number of rotatable bonds is 1. The van der Waals surface area contributed by atoms with E-state index in [4.69, 9.17) is 28.3 Å². The van der Waals surface area contributed by atoms with Crippen LogP contribution in [0, 0.1) is 11.6 Å². The Balaban J connectivity index is 3.39. The molecule has 0 bridgehead atoms. The highest BCUT2D eigenvalue weighted by Crippen LogP contribution is 2.30. The largest absolute Gasteiger partial charge is 0.392 e. The van der Waals surface area contributed by atoms with Crippen LogP contribution in [-0.4, -0.2) is 5.11 Å². The van der Waals surface area contributed by atoms with Crippen molar-refractivity contribution in [3.8, 4) is 0 Å². The van der Waals surface area contributed by atoms with Crippen LogP contribution in [0.4, 0.5) is 8.78 Å². The topological polar surface area (TPSA) is 20.2 Å². The second kappa shape index (κ2) is 3.56. The van der Waals surface area contributed by atoms with E-state index in [1.165, 1.54) is 0 Å². The third-order valence-electron chi connectivity index (χ3n) is 1.35. The fourth-order valence-electron chi connectivity index (χ4n) is 0.737. The van der Waals surface area contributed by atoms with Crippen LogP contribution in [0.15, 0.2) is 6.07 Å². The summed E-state index contributed by atoms with van der Waals surface area (Å²) < 4.78 is 25.2. The summed E-state index contributed by atoms with van der Waals surface area (Å²) in [6, 6.07) is 0.809. The van der Waals surface area contributed by atoms with Crippen LogP contribution in [0.3, 0.4) is 0 Å². The molecule has 1 N–H and O–H groups in total. The zero-order valence-corrected chi connectivity index (χ0v) is 7.26. The van der Waals surface area contributed by atoms with E-state index in [1.54, 1.807) is 0 Å². The van der Waals surface area contributed by atoms with Gasteiger partial charge >= 0.3 is 0 Å². The zero-order valence-electron chi connectivity index (χ0n) is 5.74. The maximum Gasteiger partial charge on any atom is 0.178 e. The molecule has 0 saturated carbocycles. The lowest BCUT2D eigenvalue weighted by atomic mass is 10.2. The molecule has 12 heavy (non-hydrogen) atoms. The summed E-state index contributed by atoms with van der Waals surface area (Å²) in [4.78, 5) is 0. The van der Waals surface area contributed by atoms with E-state index in [9.17, 15) is 8.78 Å². The van der Waals surface area contributed by atoms with Crippen molar-refractivity contribution in [2.75, 3.05) is 0 Å². The zero-order chi connectivity index (χ0) is 9.30. The van der Waals surface area contributed by atoms with Crippen LogP contribution in [0.25, 0.3) is 0 Å². The van der Waals surface area contributed by atoms with Gasteiger partial charge in [-0.1, -0.05) is 23.2 Å². The van der Waals surface area contributed by atoms with Gasteiger partial charge in [-0.2, -0.15) is 0 Å². The Bertz CT molecular complexity index is 315. The molecule has 0 heterocycles. The molecule has 0 fully saturated rings. The smallest absolute Gasteiger partial charge is 0.178 e. The summed E-state index contributed by atoms with van der Waals surface area (Å²) in [6.45, 7) is -0.476. The van der Waals surface area contributed by atoms with Crippen molar-refractivity contribution in [2.45, 2.75) is 6.61 Å². The minimum absolute atomic E-state index is 0.0700. The van der Waals surface area contributed by atoms with Gasteiger partial charge < -0.3 is 5.11 Å². The number of aliphatic hydroxyl groups is 1. The molecule has 1 aromatic rings. The lowest BCUT2D eigenvalue weighted by Gasteiger charge is -2.03. The average Bonchev–Trinajstić information content (AvgIpc) is 2.08. The van der Waals surface area contributed by atoms with Crippen molar-refractivity contribution in [2.24, 2.45) is 0 Å². The first-order valence-corrected chi connectivity index (χ1v) is 3.76. The Morgan fingerprint density at radius 3 is 2.33 bits per heavy atom. The summed E-state index contributed by atoms with van der Waals surface area (Å²) in [5.74, 6) is -2.31. The van der Waals surface area contributed by atoms with Gasteiger partial charge in [0, 0.05) is 5.56 Å². The Labute approximate surface area is 77.5 Å². The second-order valence-corrected chi connectivity index (χ2v) is 2.87. The molecule has 0 aliphatic carbocycles. The summed E-state index contributed by atoms with van der Waals surface area (Å²) in [6.07, 6.45) is 0. The fraction of sp³-hybridized carbons (Fsp3) is 0.143. The maximum absolute atomic E-state index is 12.6. The van der Waals surface area contributed by atoms with E-state index in [1.807, 2.05) is 0 Å². The highest BCUT2D eigenvalue weighted by Gasteiger charge is 2.14. The fourth-order valence-corrected chi connectivity index (χ4v) is 1.15. The molecule has 0 atom stereocenters. The molecular formula is C7H4Cl2F2O. The van der Waals surface area contributed by atoms with Crippen LogP contribution in [0.5, 0.6) is 0 Å². The predicted octanol–water partition coefficient (Wildman–Crippen LogP) is 2.76. The summed E-state index contributed by atoms with van der Waals surface area (Å²) >= 11 is 10.8.